The minimum absolute atomic E-state index is 0.0654. The number of hydrogen-bond donors (Lipinski definition) is 3. The quantitative estimate of drug-likeness (QED) is 0.459. The SMILES string of the molecule is CC[C@@H]1C(=O)N(C)c2cnc(Nc3ccc(S(=O)(=O)NCCCO)cc3)nc2N1C1CCCC1. The van der Waals surface area contributed by atoms with Gasteiger partial charge in [-0.05, 0) is 49.9 Å². The zero-order valence-electron chi connectivity index (χ0n) is 19.6. The highest BCUT2D eigenvalue weighted by Gasteiger charge is 2.41. The van der Waals surface area contributed by atoms with Crippen LogP contribution in [0.1, 0.15) is 45.4 Å². The van der Waals surface area contributed by atoms with Crippen molar-refractivity contribution in [2.24, 2.45) is 0 Å². The summed E-state index contributed by atoms with van der Waals surface area (Å²) in [6.07, 6.45) is 7.11. The highest BCUT2D eigenvalue weighted by Crippen LogP contribution is 2.40. The molecule has 34 heavy (non-hydrogen) atoms. The molecule has 11 heteroatoms. The minimum Gasteiger partial charge on any atom is -0.396 e. The van der Waals surface area contributed by atoms with Crippen LogP contribution >= 0.6 is 0 Å². The Morgan fingerprint density at radius 1 is 1.18 bits per heavy atom. The summed E-state index contributed by atoms with van der Waals surface area (Å²) in [5, 5.41) is 12.0. The summed E-state index contributed by atoms with van der Waals surface area (Å²) < 4.78 is 27.1. The van der Waals surface area contributed by atoms with E-state index in [1.165, 1.54) is 12.1 Å². The van der Waals surface area contributed by atoms with Crippen LogP contribution in [0.2, 0.25) is 0 Å². The topological polar surface area (TPSA) is 128 Å². The molecule has 2 aromatic rings. The van der Waals surface area contributed by atoms with Crippen molar-refractivity contribution in [1.29, 1.82) is 0 Å². The number of sulfonamides is 1. The number of aromatic nitrogens is 2. The second kappa shape index (κ2) is 10.2. The summed E-state index contributed by atoms with van der Waals surface area (Å²) >= 11 is 0. The summed E-state index contributed by atoms with van der Waals surface area (Å²) in [6.45, 7) is 2.13. The summed E-state index contributed by atoms with van der Waals surface area (Å²) in [6, 6.07) is 6.36. The van der Waals surface area contributed by atoms with Gasteiger partial charge in [-0.15, -0.1) is 0 Å². The lowest BCUT2D eigenvalue weighted by atomic mass is 10.0. The smallest absolute Gasteiger partial charge is 0.249 e. The number of anilines is 4. The van der Waals surface area contributed by atoms with E-state index in [1.807, 2.05) is 6.92 Å². The molecule has 0 saturated heterocycles. The molecule has 1 aromatic heterocycles. The van der Waals surface area contributed by atoms with Crippen LogP contribution in [-0.4, -0.2) is 61.7 Å². The fourth-order valence-corrected chi connectivity index (χ4v) is 5.73. The van der Waals surface area contributed by atoms with E-state index >= 15 is 0 Å². The third-order valence-electron chi connectivity index (χ3n) is 6.46. The first kappa shape index (κ1) is 24.4. The number of nitrogens with one attached hydrogen (secondary N) is 2. The number of nitrogens with zero attached hydrogens (tertiary/aromatic N) is 4. The van der Waals surface area contributed by atoms with Crippen molar-refractivity contribution in [2.45, 2.75) is 62.4 Å². The first-order valence-electron chi connectivity index (χ1n) is 11.8. The second-order valence-electron chi connectivity index (χ2n) is 8.69. The number of aliphatic hydroxyl groups is 1. The molecule has 184 valence electrons. The van der Waals surface area contributed by atoms with E-state index in [1.54, 1.807) is 30.3 Å². The molecule has 2 aliphatic rings. The van der Waals surface area contributed by atoms with E-state index in [4.69, 9.17) is 10.1 Å². The fourth-order valence-electron chi connectivity index (χ4n) is 4.66. The number of fused-ring (bicyclic) bond motifs is 1. The van der Waals surface area contributed by atoms with Crippen LogP contribution in [0.25, 0.3) is 0 Å². The van der Waals surface area contributed by atoms with Gasteiger partial charge in [-0.25, -0.2) is 18.1 Å². The number of likely N-dealkylation sites (N-methyl/N-ethyl adjacent to an activating group) is 1. The highest BCUT2D eigenvalue weighted by molar-refractivity contribution is 7.89. The van der Waals surface area contributed by atoms with Crippen LogP contribution in [0.3, 0.4) is 0 Å². The van der Waals surface area contributed by atoms with Gasteiger partial charge in [-0.3, -0.25) is 4.79 Å². The van der Waals surface area contributed by atoms with E-state index in [0.29, 0.717) is 30.2 Å². The molecule has 3 N–H and O–H groups in total. The molecule has 1 saturated carbocycles. The van der Waals surface area contributed by atoms with E-state index in [-0.39, 0.29) is 36.0 Å². The molecular weight excluding hydrogens is 456 g/mol. The molecule has 0 spiro atoms. The molecule has 4 rings (SSSR count). The van der Waals surface area contributed by atoms with Gasteiger partial charge < -0.3 is 20.2 Å². The second-order valence-corrected chi connectivity index (χ2v) is 10.5. The van der Waals surface area contributed by atoms with Crippen molar-refractivity contribution in [3.8, 4) is 0 Å². The number of benzene rings is 1. The Morgan fingerprint density at radius 2 is 1.88 bits per heavy atom. The van der Waals surface area contributed by atoms with Gasteiger partial charge in [0.1, 0.15) is 11.7 Å². The van der Waals surface area contributed by atoms with Crippen molar-refractivity contribution < 1.29 is 18.3 Å². The molecule has 1 aromatic carbocycles. The third kappa shape index (κ3) is 4.86. The molecule has 0 unspecified atom stereocenters. The van der Waals surface area contributed by atoms with Gasteiger partial charge in [-0.1, -0.05) is 19.8 Å². The summed E-state index contributed by atoms with van der Waals surface area (Å²) in [5.74, 6) is 1.21. The lowest BCUT2D eigenvalue weighted by Gasteiger charge is -2.43. The van der Waals surface area contributed by atoms with Gasteiger partial charge in [0, 0.05) is 31.9 Å². The standard InChI is InChI=1S/C23H32N6O4S/c1-3-19-22(31)28(2)20-15-24-23(27-21(20)29(19)17-7-4-5-8-17)26-16-9-11-18(12-10-16)34(32,33)25-13-6-14-30/h9-12,15,17,19,25,30H,3-8,13-14H2,1-2H3,(H,24,26,27)/t19-/m1/s1. The van der Waals surface area contributed by atoms with Gasteiger partial charge >= 0.3 is 0 Å². The Bertz CT molecular complexity index is 1120. The average molecular weight is 489 g/mol. The normalized spacial score (nSPS) is 18.9. The van der Waals surface area contributed by atoms with E-state index < -0.39 is 10.0 Å². The summed E-state index contributed by atoms with van der Waals surface area (Å²) in [7, 11) is -1.87. The molecule has 2 heterocycles. The Balaban J connectivity index is 1.58. The summed E-state index contributed by atoms with van der Waals surface area (Å²) in [5.41, 5.74) is 1.34. The molecule has 0 bridgehead atoms. The predicted octanol–water partition coefficient (Wildman–Crippen LogP) is 2.38. The first-order valence-corrected chi connectivity index (χ1v) is 13.2. The highest BCUT2D eigenvalue weighted by atomic mass is 32.2. The molecule has 1 aliphatic carbocycles. The number of hydrogen-bond acceptors (Lipinski definition) is 8. The number of carbonyl (C=O) groups is 1. The van der Waals surface area contributed by atoms with E-state index in [2.05, 4.69) is 19.9 Å². The van der Waals surface area contributed by atoms with Crippen LogP contribution in [-0.2, 0) is 14.8 Å². The Labute approximate surface area is 200 Å². The molecule has 1 aliphatic heterocycles. The lowest BCUT2D eigenvalue weighted by molar-refractivity contribution is -0.120. The van der Waals surface area contributed by atoms with Gasteiger partial charge in [0.25, 0.3) is 0 Å². The predicted molar refractivity (Wildman–Crippen MR) is 131 cm³/mol. The van der Waals surface area contributed by atoms with Crippen LogP contribution in [0, 0.1) is 0 Å². The maximum atomic E-state index is 13.0. The van der Waals surface area contributed by atoms with E-state index in [9.17, 15) is 13.2 Å². The van der Waals surface area contributed by atoms with Crippen LogP contribution in [0.5, 0.6) is 0 Å². The molecule has 10 nitrogen and oxygen atoms in total. The summed E-state index contributed by atoms with van der Waals surface area (Å²) in [4.78, 5) is 26.2. The number of carbonyl (C=O) groups excluding carboxylic acids is 1. The van der Waals surface area contributed by atoms with E-state index in [0.717, 1.165) is 31.5 Å². The van der Waals surface area contributed by atoms with Gasteiger partial charge in [0.05, 0.1) is 11.1 Å². The molecule has 1 atom stereocenters. The Kier molecular flexibility index (Phi) is 7.34. The van der Waals surface area contributed by atoms with Crippen molar-refractivity contribution in [3.05, 3.63) is 30.5 Å². The van der Waals surface area contributed by atoms with Crippen LogP contribution in [0.4, 0.5) is 23.1 Å². The Hall–Kier alpha value is -2.76. The number of amides is 1. The van der Waals surface area contributed by atoms with Crippen molar-refractivity contribution >= 4 is 39.1 Å². The Morgan fingerprint density at radius 3 is 2.53 bits per heavy atom. The van der Waals surface area contributed by atoms with Crippen LogP contribution in [0.15, 0.2) is 35.4 Å². The molecule has 1 amide bonds. The van der Waals surface area contributed by atoms with Crippen molar-refractivity contribution in [1.82, 2.24) is 14.7 Å². The molecule has 1 fully saturated rings. The largest absolute Gasteiger partial charge is 0.396 e. The molecular formula is C23H32N6O4S. The maximum Gasteiger partial charge on any atom is 0.249 e. The van der Waals surface area contributed by atoms with Gasteiger partial charge in [0.2, 0.25) is 21.9 Å². The van der Waals surface area contributed by atoms with Crippen molar-refractivity contribution in [3.63, 3.8) is 0 Å². The number of rotatable bonds is 9. The van der Waals surface area contributed by atoms with Crippen molar-refractivity contribution in [2.75, 3.05) is 35.3 Å². The zero-order chi connectivity index (χ0) is 24.3. The lowest BCUT2D eigenvalue weighted by Crippen LogP contribution is -2.55. The van der Waals surface area contributed by atoms with Gasteiger partial charge in [-0.2, -0.15) is 4.98 Å². The third-order valence-corrected chi connectivity index (χ3v) is 7.94. The number of aliphatic hydroxyl groups excluding tert-OH is 1. The minimum atomic E-state index is -3.64. The molecule has 0 radical (unpaired) electrons. The fraction of sp³-hybridized carbons (Fsp3) is 0.522. The maximum absolute atomic E-state index is 13.0. The van der Waals surface area contributed by atoms with Gasteiger partial charge in [0.15, 0.2) is 5.82 Å². The zero-order valence-corrected chi connectivity index (χ0v) is 20.4. The first-order chi connectivity index (χ1) is 16.4. The van der Waals surface area contributed by atoms with Crippen LogP contribution < -0.4 is 19.8 Å². The monoisotopic (exact) mass is 488 g/mol. The average Bonchev–Trinajstić information content (AvgIpc) is 3.36.